The zero-order valence-electron chi connectivity index (χ0n) is 13.8. The zero-order valence-corrected chi connectivity index (χ0v) is 13.8. The standard InChI is InChI=1S/C18H32O4/c19-16(20)12-11-15-18(17(21)22)13-9-7-5-3-1-2-4-6-8-10-14-18/h1-15H2,(H,19,20)(H,21,22). The summed E-state index contributed by atoms with van der Waals surface area (Å²) in [6.45, 7) is 0. The van der Waals surface area contributed by atoms with E-state index in [9.17, 15) is 14.7 Å². The molecule has 2 N–H and O–H groups in total. The number of hydrogen-bond donors (Lipinski definition) is 2. The first kappa shape index (κ1) is 19.0. The van der Waals surface area contributed by atoms with E-state index in [2.05, 4.69) is 0 Å². The molecule has 1 fully saturated rings. The number of carboxylic acid groups (broad SMARTS) is 2. The zero-order chi connectivity index (χ0) is 16.3. The highest BCUT2D eigenvalue weighted by Crippen LogP contribution is 2.37. The number of aliphatic carboxylic acids is 2. The Morgan fingerprint density at radius 3 is 1.50 bits per heavy atom. The molecule has 22 heavy (non-hydrogen) atoms. The van der Waals surface area contributed by atoms with Crippen molar-refractivity contribution in [1.29, 1.82) is 0 Å². The van der Waals surface area contributed by atoms with E-state index in [4.69, 9.17) is 5.11 Å². The number of rotatable bonds is 5. The summed E-state index contributed by atoms with van der Waals surface area (Å²) in [6.07, 6.45) is 14.1. The third-order valence-corrected chi connectivity index (χ3v) is 5.06. The fourth-order valence-corrected chi connectivity index (χ4v) is 3.61. The molecule has 0 spiro atoms. The Morgan fingerprint density at radius 1 is 0.727 bits per heavy atom. The third-order valence-electron chi connectivity index (χ3n) is 5.06. The fraction of sp³-hybridized carbons (Fsp3) is 0.889. The van der Waals surface area contributed by atoms with Crippen molar-refractivity contribution in [1.82, 2.24) is 0 Å². The molecule has 0 bridgehead atoms. The summed E-state index contributed by atoms with van der Waals surface area (Å²) in [6, 6.07) is 0. The Labute approximate surface area is 134 Å². The molecule has 0 aliphatic heterocycles. The Morgan fingerprint density at radius 2 is 1.14 bits per heavy atom. The van der Waals surface area contributed by atoms with Crippen LogP contribution in [-0.4, -0.2) is 22.2 Å². The lowest BCUT2D eigenvalue weighted by Crippen LogP contribution is -2.31. The third kappa shape index (κ3) is 7.28. The molecule has 0 aromatic rings. The highest BCUT2D eigenvalue weighted by atomic mass is 16.4. The molecule has 0 amide bonds. The Balaban J connectivity index is 2.63. The van der Waals surface area contributed by atoms with Crippen molar-refractivity contribution in [3.8, 4) is 0 Å². The van der Waals surface area contributed by atoms with Crippen molar-refractivity contribution >= 4 is 11.9 Å². The summed E-state index contributed by atoms with van der Waals surface area (Å²) >= 11 is 0. The lowest BCUT2D eigenvalue weighted by atomic mass is 9.74. The molecule has 1 aliphatic carbocycles. The summed E-state index contributed by atoms with van der Waals surface area (Å²) in [4.78, 5) is 22.6. The van der Waals surface area contributed by atoms with Crippen molar-refractivity contribution in [3.63, 3.8) is 0 Å². The van der Waals surface area contributed by atoms with Crippen LogP contribution in [0.2, 0.25) is 0 Å². The maximum absolute atomic E-state index is 11.9. The van der Waals surface area contributed by atoms with E-state index in [1.54, 1.807) is 0 Å². The molecule has 0 aromatic heterocycles. The molecular weight excluding hydrogens is 280 g/mol. The van der Waals surface area contributed by atoms with Gasteiger partial charge in [-0.2, -0.15) is 0 Å². The van der Waals surface area contributed by atoms with Crippen LogP contribution in [0.15, 0.2) is 0 Å². The van der Waals surface area contributed by atoms with Gasteiger partial charge >= 0.3 is 11.9 Å². The van der Waals surface area contributed by atoms with Crippen LogP contribution in [0.5, 0.6) is 0 Å². The van der Waals surface area contributed by atoms with Gasteiger partial charge in [-0.15, -0.1) is 0 Å². The van der Waals surface area contributed by atoms with Crippen LogP contribution >= 0.6 is 0 Å². The van der Waals surface area contributed by atoms with Gasteiger partial charge in [-0.25, -0.2) is 0 Å². The fourth-order valence-electron chi connectivity index (χ4n) is 3.61. The molecule has 1 rings (SSSR count). The van der Waals surface area contributed by atoms with Crippen LogP contribution in [0.25, 0.3) is 0 Å². The largest absolute Gasteiger partial charge is 0.481 e. The average Bonchev–Trinajstić information content (AvgIpc) is 2.48. The van der Waals surface area contributed by atoms with E-state index in [0.717, 1.165) is 25.7 Å². The molecule has 128 valence electrons. The van der Waals surface area contributed by atoms with Crippen LogP contribution in [0, 0.1) is 5.41 Å². The minimum atomic E-state index is -0.829. The Hall–Kier alpha value is -1.06. The van der Waals surface area contributed by atoms with Gasteiger partial charge in [0.15, 0.2) is 0 Å². The van der Waals surface area contributed by atoms with Crippen LogP contribution in [-0.2, 0) is 9.59 Å². The SMILES string of the molecule is O=C(O)CCCC1(C(=O)O)CCCCCCCCCCCC1. The smallest absolute Gasteiger partial charge is 0.309 e. The first-order chi connectivity index (χ1) is 10.6. The lowest BCUT2D eigenvalue weighted by molar-refractivity contribution is -0.151. The lowest BCUT2D eigenvalue weighted by Gasteiger charge is -2.29. The van der Waals surface area contributed by atoms with E-state index < -0.39 is 17.4 Å². The van der Waals surface area contributed by atoms with Gasteiger partial charge in [-0.1, -0.05) is 64.2 Å². The van der Waals surface area contributed by atoms with Crippen molar-refractivity contribution in [3.05, 3.63) is 0 Å². The Bertz CT molecular complexity index is 324. The molecule has 4 heteroatoms. The summed E-state index contributed by atoms with van der Waals surface area (Å²) in [7, 11) is 0. The van der Waals surface area contributed by atoms with E-state index >= 15 is 0 Å². The van der Waals surface area contributed by atoms with Gasteiger partial charge in [-0.3, -0.25) is 9.59 Å². The van der Waals surface area contributed by atoms with E-state index in [0.29, 0.717) is 25.7 Å². The second-order valence-electron chi connectivity index (χ2n) is 6.87. The molecule has 0 heterocycles. The van der Waals surface area contributed by atoms with Crippen molar-refractivity contribution < 1.29 is 19.8 Å². The predicted molar refractivity (Wildman–Crippen MR) is 87.0 cm³/mol. The monoisotopic (exact) mass is 312 g/mol. The molecule has 1 aliphatic rings. The molecule has 0 radical (unpaired) electrons. The summed E-state index contributed by atoms with van der Waals surface area (Å²) < 4.78 is 0. The van der Waals surface area contributed by atoms with Crippen LogP contribution in [0.1, 0.15) is 96.3 Å². The normalized spacial score (nSPS) is 21.1. The van der Waals surface area contributed by atoms with Gasteiger partial charge in [0.25, 0.3) is 0 Å². The van der Waals surface area contributed by atoms with Crippen molar-refractivity contribution in [2.75, 3.05) is 0 Å². The number of hydrogen-bond acceptors (Lipinski definition) is 2. The summed E-state index contributed by atoms with van der Waals surface area (Å²) in [5.74, 6) is -1.54. The molecule has 0 atom stereocenters. The molecule has 0 aromatic carbocycles. The number of carbonyl (C=O) groups is 2. The second-order valence-corrected chi connectivity index (χ2v) is 6.87. The van der Waals surface area contributed by atoms with Gasteiger partial charge in [0, 0.05) is 6.42 Å². The molecule has 4 nitrogen and oxygen atoms in total. The quantitative estimate of drug-likeness (QED) is 0.748. The Kier molecular flexibility index (Phi) is 9.17. The van der Waals surface area contributed by atoms with Gasteiger partial charge in [0.2, 0.25) is 0 Å². The van der Waals surface area contributed by atoms with E-state index in [1.807, 2.05) is 0 Å². The molecule has 1 saturated carbocycles. The minimum absolute atomic E-state index is 0.0784. The topological polar surface area (TPSA) is 74.6 Å². The predicted octanol–water partition coefficient (Wildman–Crippen LogP) is 5.01. The van der Waals surface area contributed by atoms with E-state index in [1.165, 1.54) is 38.5 Å². The van der Waals surface area contributed by atoms with Gasteiger partial charge in [0.05, 0.1) is 5.41 Å². The number of carboxylic acids is 2. The average molecular weight is 312 g/mol. The van der Waals surface area contributed by atoms with Gasteiger partial charge in [-0.05, 0) is 25.7 Å². The minimum Gasteiger partial charge on any atom is -0.481 e. The molecule has 0 saturated heterocycles. The summed E-state index contributed by atoms with van der Waals surface area (Å²) in [5, 5.41) is 18.6. The van der Waals surface area contributed by atoms with Crippen molar-refractivity contribution in [2.24, 2.45) is 5.41 Å². The maximum atomic E-state index is 11.9. The highest BCUT2D eigenvalue weighted by Gasteiger charge is 2.36. The van der Waals surface area contributed by atoms with Gasteiger partial charge < -0.3 is 10.2 Å². The highest BCUT2D eigenvalue weighted by molar-refractivity contribution is 5.74. The van der Waals surface area contributed by atoms with Crippen LogP contribution < -0.4 is 0 Å². The first-order valence-corrected chi connectivity index (χ1v) is 9.02. The van der Waals surface area contributed by atoms with E-state index in [-0.39, 0.29) is 6.42 Å². The van der Waals surface area contributed by atoms with Crippen LogP contribution in [0.4, 0.5) is 0 Å². The molecule has 0 unspecified atom stereocenters. The second kappa shape index (κ2) is 10.6. The summed E-state index contributed by atoms with van der Waals surface area (Å²) in [5.41, 5.74) is -0.691. The molecular formula is C18H32O4. The van der Waals surface area contributed by atoms with Gasteiger partial charge in [0.1, 0.15) is 0 Å². The van der Waals surface area contributed by atoms with Crippen LogP contribution in [0.3, 0.4) is 0 Å². The first-order valence-electron chi connectivity index (χ1n) is 9.02. The maximum Gasteiger partial charge on any atom is 0.309 e. The van der Waals surface area contributed by atoms with Crippen molar-refractivity contribution in [2.45, 2.75) is 96.3 Å².